The van der Waals surface area contributed by atoms with E-state index >= 15 is 0 Å². The predicted octanol–water partition coefficient (Wildman–Crippen LogP) is 0.778. The maximum atomic E-state index is 12.1. The second kappa shape index (κ2) is 6.00. The van der Waals surface area contributed by atoms with Gasteiger partial charge in [0, 0.05) is 7.05 Å². The van der Waals surface area contributed by atoms with E-state index in [-0.39, 0.29) is 18.1 Å². The Labute approximate surface area is 134 Å². The van der Waals surface area contributed by atoms with Gasteiger partial charge in [-0.15, -0.1) is 5.10 Å². The van der Waals surface area contributed by atoms with E-state index < -0.39 is 5.60 Å². The molecule has 2 N–H and O–H groups in total. The number of carbonyl (C=O) groups is 1. The van der Waals surface area contributed by atoms with Crippen molar-refractivity contribution in [3.63, 3.8) is 0 Å². The van der Waals surface area contributed by atoms with Gasteiger partial charge >= 0.3 is 0 Å². The highest BCUT2D eigenvalue weighted by atomic mass is 16.5. The lowest BCUT2D eigenvalue weighted by Crippen LogP contribution is -2.43. The Morgan fingerprint density at radius 3 is 3.04 bits per heavy atom. The summed E-state index contributed by atoms with van der Waals surface area (Å²) in [4.78, 5) is 12.1. The minimum atomic E-state index is -1.07. The fourth-order valence-electron chi connectivity index (χ4n) is 3.02. The molecule has 0 aliphatic heterocycles. The number of aromatic nitrogens is 3. The van der Waals surface area contributed by atoms with Gasteiger partial charge in [-0.1, -0.05) is 11.3 Å². The Bertz CT molecular complexity index is 728. The number of amides is 1. The number of methoxy groups -OCH3 is 1. The number of nitrogens with one attached hydrogen (secondary N) is 1. The van der Waals surface area contributed by atoms with E-state index in [1.807, 2.05) is 18.2 Å². The van der Waals surface area contributed by atoms with Crippen molar-refractivity contribution in [1.29, 1.82) is 0 Å². The third-order valence-corrected chi connectivity index (χ3v) is 4.23. The summed E-state index contributed by atoms with van der Waals surface area (Å²) in [7, 11) is 3.32. The van der Waals surface area contributed by atoms with Crippen molar-refractivity contribution in [2.24, 2.45) is 7.05 Å². The van der Waals surface area contributed by atoms with Crippen molar-refractivity contribution in [2.45, 2.75) is 24.9 Å². The van der Waals surface area contributed by atoms with Crippen molar-refractivity contribution in [1.82, 2.24) is 20.3 Å². The molecule has 7 nitrogen and oxygen atoms in total. The van der Waals surface area contributed by atoms with Gasteiger partial charge in [-0.05, 0) is 42.5 Å². The number of hydrogen-bond acceptors (Lipinski definition) is 5. The molecule has 0 fully saturated rings. The predicted molar refractivity (Wildman–Crippen MR) is 83.2 cm³/mol. The highest BCUT2D eigenvalue weighted by Crippen LogP contribution is 2.36. The first kappa shape index (κ1) is 15.5. The molecule has 1 amide bonds. The maximum Gasteiger partial charge on any atom is 0.273 e. The first-order chi connectivity index (χ1) is 11.0. The van der Waals surface area contributed by atoms with Gasteiger partial charge < -0.3 is 15.2 Å². The third kappa shape index (κ3) is 3.05. The Morgan fingerprint density at radius 2 is 2.35 bits per heavy atom. The van der Waals surface area contributed by atoms with E-state index in [2.05, 4.69) is 15.6 Å². The number of aliphatic hydroxyl groups is 1. The molecule has 7 heteroatoms. The summed E-state index contributed by atoms with van der Waals surface area (Å²) in [6, 6.07) is 5.66. The summed E-state index contributed by atoms with van der Waals surface area (Å²) in [5, 5.41) is 21.3. The molecule has 0 bridgehead atoms. The number of ether oxygens (including phenoxy) is 1. The lowest BCUT2D eigenvalue weighted by Gasteiger charge is -2.34. The first-order valence-electron chi connectivity index (χ1n) is 7.56. The van der Waals surface area contributed by atoms with Crippen LogP contribution in [-0.4, -0.2) is 39.7 Å². The average Bonchev–Trinajstić information content (AvgIpc) is 2.99. The molecule has 0 spiro atoms. The number of rotatable bonds is 4. The smallest absolute Gasteiger partial charge is 0.273 e. The number of aryl methyl sites for hydroxylation is 2. The van der Waals surface area contributed by atoms with E-state index in [9.17, 15) is 9.90 Å². The molecule has 122 valence electrons. The number of benzene rings is 1. The normalized spacial score (nSPS) is 20.0. The zero-order valence-electron chi connectivity index (χ0n) is 13.2. The monoisotopic (exact) mass is 316 g/mol. The molecule has 0 saturated heterocycles. The number of hydrogen-bond donors (Lipinski definition) is 2. The van der Waals surface area contributed by atoms with Crippen molar-refractivity contribution < 1.29 is 14.6 Å². The van der Waals surface area contributed by atoms with E-state index in [1.54, 1.807) is 20.4 Å². The van der Waals surface area contributed by atoms with Crippen molar-refractivity contribution in [3.05, 3.63) is 41.2 Å². The largest absolute Gasteiger partial charge is 0.497 e. The molecule has 1 aromatic carbocycles. The SMILES string of the molecule is COc1ccc2c(c1)CCC[C@@]2(O)CNC(=O)c1cn(C)nn1. The minimum absolute atomic E-state index is 0.141. The van der Waals surface area contributed by atoms with Crippen LogP contribution in [0.3, 0.4) is 0 Å². The van der Waals surface area contributed by atoms with Crippen LogP contribution in [0.25, 0.3) is 0 Å². The van der Waals surface area contributed by atoms with E-state index in [0.29, 0.717) is 6.42 Å². The number of carbonyl (C=O) groups excluding carboxylic acids is 1. The summed E-state index contributed by atoms with van der Waals surface area (Å²) >= 11 is 0. The molecule has 1 atom stereocenters. The van der Waals surface area contributed by atoms with Crippen LogP contribution >= 0.6 is 0 Å². The molecule has 2 aromatic rings. The first-order valence-corrected chi connectivity index (χ1v) is 7.56. The highest BCUT2D eigenvalue weighted by Gasteiger charge is 2.35. The fourth-order valence-corrected chi connectivity index (χ4v) is 3.02. The van der Waals surface area contributed by atoms with Crippen LogP contribution < -0.4 is 10.1 Å². The van der Waals surface area contributed by atoms with Gasteiger partial charge in [0.2, 0.25) is 0 Å². The molecular weight excluding hydrogens is 296 g/mol. The van der Waals surface area contributed by atoms with E-state index in [0.717, 1.165) is 29.7 Å². The molecule has 0 saturated carbocycles. The summed E-state index contributed by atoms with van der Waals surface area (Å²) in [6.07, 6.45) is 3.90. The standard InChI is InChI=1S/C16H20N4O3/c1-20-9-14(18-19-20)15(21)17-10-16(22)7-3-4-11-8-12(23-2)5-6-13(11)16/h5-6,8-9,22H,3-4,7,10H2,1-2H3,(H,17,21)/t16-/m1/s1. The van der Waals surface area contributed by atoms with Crippen molar-refractivity contribution >= 4 is 5.91 Å². The van der Waals surface area contributed by atoms with E-state index in [1.165, 1.54) is 4.68 Å². The quantitative estimate of drug-likeness (QED) is 0.870. The zero-order chi connectivity index (χ0) is 16.4. The molecule has 1 heterocycles. The Kier molecular flexibility index (Phi) is 4.04. The second-order valence-corrected chi connectivity index (χ2v) is 5.87. The van der Waals surface area contributed by atoms with Gasteiger partial charge in [0.15, 0.2) is 5.69 Å². The molecular formula is C16H20N4O3. The van der Waals surface area contributed by atoms with E-state index in [4.69, 9.17) is 4.74 Å². The van der Waals surface area contributed by atoms with Gasteiger partial charge in [0.05, 0.1) is 19.9 Å². The van der Waals surface area contributed by atoms with Crippen molar-refractivity contribution in [3.8, 4) is 5.75 Å². The van der Waals surface area contributed by atoms with Crippen LogP contribution in [0.1, 0.15) is 34.5 Å². The third-order valence-electron chi connectivity index (χ3n) is 4.23. The zero-order valence-corrected chi connectivity index (χ0v) is 13.2. The lowest BCUT2D eigenvalue weighted by atomic mass is 9.79. The Hall–Kier alpha value is -2.41. The van der Waals surface area contributed by atoms with Crippen LogP contribution in [0.4, 0.5) is 0 Å². The van der Waals surface area contributed by atoms with Gasteiger partial charge in [-0.25, -0.2) is 0 Å². The van der Waals surface area contributed by atoms with Gasteiger partial charge in [0.1, 0.15) is 11.4 Å². The minimum Gasteiger partial charge on any atom is -0.497 e. The Balaban J connectivity index is 1.76. The summed E-state index contributed by atoms with van der Waals surface area (Å²) in [6.45, 7) is 0.141. The Morgan fingerprint density at radius 1 is 1.52 bits per heavy atom. The molecule has 3 rings (SSSR count). The summed E-state index contributed by atoms with van der Waals surface area (Å²) < 4.78 is 6.70. The van der Waals surface area contributed by atoms with Crippen LogP contribution in [0, 0.1) is 0 Å². The molecule has 1 aromatic heterocycles. The molecule has 1 aliphatic carbocycles. The average molecular weight is 316 g/mol. The lowest BCUT2D eigenvalue weighted by molar-refractivity contribution is 0.0188. The van der Waals surface area contributed by atoms with Gasteiger partial charge in [-0.3, -0.25) is 9.48 Å². The topological polar surface area (TPSA) is 89.3 Å². The van der Waals surface area contributed by atoms with Crippen LogP contribution in [0.5, 0.6) is 5.75 Å². The van der Waals surface area contributed by atoms with Crippen molar-refractivity contribution in [2.75, 3.05) is 13.7 Å². The summed E-state index contributed by atoms with van der Waals surface area (Å²) in [5.41, 5.74) is 1.08. The van der Waals surface area contributed by atoms with Crippen LogP contribution in [0.15, 0.2) is 24.4 Å². The second-order valence-electron chi connectivity index (χ2n) is 5.87. The molecule has 0 unspecified atom stereocenters. The van der Waals surface area contributed by atoms with Crippen LogP contribution in [0.2, 0.25) is 0 Å². The number of nitrogens with zero attached hydrogens (tertiary/aromatic N) is 3. The fraction of sp³-hybridized carbons (Fsp3) is 0.438. The maximum absolute atomic E-state index is 12.1. The number of fused-ring (bicyclic) bond motifs is 1. The molecule has 1 aliphatic rings. The van der Waals surface area contributed by atoms with Crippen LogP contribution in [-0.2, 0) is 19.1 Å². The van der Waals surface area contributed by atoms with Gasteiger partial charge in [0.25, 0.3) is 5.91 Å². The molecule has 0 radical (unpaired) electrons. The van der Waals surface area contributed by atoms with Gasteiger partial charge in [-0.2, -0.15) is 0 Å². The highest BCUT2D eigenvalue weighted by molar-refractivity contribution is 5.91. The molecule has 23 heavy (non-hydrogen) atoms. The summed E-state index contributed by atoms with van der Waals surface area (Å²) in [5.74, 6) is 0.434.